The highest BCUT2D eigenvalue weighted by Gasteiger charge is 2.10. The SMILES string of the molecule is COC(=O)/C=C/c1c(Cl)nc2sc(C)cn12. The summed E-state index contributed by atoms with van der Waals surface area (Å²) in [5.74, 6) is -0.419. The molecule has 0 aromatic carbocycles. The molecule has 0 unspecified atom stereocenters. The number of fused-ring (bicyclic) bond motifs is 1. The predicted octanol–water partition coefficient (Wildman–Crippen LogP) is 2.54. The van der Waals surface area contributed by atoms with Crippen LogP contribution in [0.1, 0.15) is 10.6 Å². The Bertz CT molecular complexity index is 571. The lowest BCUT2D eigenvalue weighted by atomic mass is 10.4. The van der Waals surface area contributed by atoms with Crippen molar-refractivity contribution in [1.82, 2.24) is 9.38 Å². The van der Waals surface area contributed by atoms with Gasteiger partial charge in [0.05, 0.1) is 12.8 Å². The van der Waals surface area contributed by atoms with Crippen LogP contribution < -0.4 is 0 Å². The number of hydrogen-bond donors (Lipinski definition) is 0. The van der Waals surface area contributed by atoms with E-state index in [0.29, 0.717) is 10.8 Å². The zero-order chi connectivity index (χ0) is 11.7. The molecule has 0 N–H and O–H groups in total. The van der Waals surface area contributed by atoms with E-state index in [-0.39, 0.29) is 0 Å². The molecule has 0 bridgehead atoms. The van der Waals surface area contributed by atoms with Gasteiger partial charge in [0.25, 0.3) is 0 Å². The molecule has 4 nitrogen and oxygen atoms in total. The van der Waals surface area contributed by atoms with Gasteiger partial charge in [0, 0.05) is 17.2 Å². The number of rotatable bonds is 2. The van der Waals surface area contributed by atoms with Gasteiger partial charge in [-0.2, -0.15) is 0 Å². The molecule has 0 saturated heterocycles. The molecule has 16 heavy (non-hydrogen) atoms. The Balaban J connectivity index is 2.46. The van der Waals surface area contributed by atoms with Gasteiger partial charge in [-0.15, -0.1) is 11.3 Å². The van der Waals surface area contributed by atoms with Gasteiger partial charge < -0.3 is 4.74 Å². The highest BCUT2D eigenvalue weighted by atomic mass is 35.5. The van der Waals surface area contributed by atoms with E-state index < -0.39 is 5.97 Å². The number of nitrogens with zero attached hydrogens (tertiary/aromatic N) is 2. The van der Waals surface area contributed by atoms with Crippen LogP contribution in [0, 0.1) is 6.92 Å². The minimum Gasteiger partial charge on any atom is -0.466 e. The van der Waals surface area contributed by atoms with E-state index in [1.165, 1.54) is 13.2 Å². The van der Waals surface area contributed by atoms with Gasteiger partial charge in [0.1, 0.15) is 0 Å². The van der Waals surface area contributed by atoms with Crippen molar-refractivity contribution in [2.45, 2.75) is 6.92 Å². The predicted molar refractivity (Wildman–Crippen MR) is 63.9 cm³/mol. The number of aromatic nitrogens is 2. The number of aryl methyl sites for hydroxylation is 1. The molecule has 0 amide bonds. The molecule has 6 heteroatoms. The first-order valence-corrected chi connectivity index (χ1v) is 5.71. The van der Waals surface area contributed by atoms with Crippen molar-refractivity contribution in [1.29, 1.82) is 0 Å². The molecule has 0 radical (unpaired) electrons. The number of thiazole rings is 1. The third-order valence-electron chi connectivity index (χ3n) is 2.01. The lowest BCUT2D eigenvalue weighted by Crippen LogP contribution is -1.94. The normalized spacial score (nSPS) is 11.4. The van der Waals surface area contributed by atoms with Crippen molar-refractivity contribution in [3.8, 4) is 0 Å². The molecule has 2 heterocycles. The maximum Gasteiger partial charge on any atom is 0.330 e. The fourth-order valence-corrected chi connectivity index (χ4v) is 2.43. The smallest absolute Gasteiger partial charge is 0.330 e. The zero-order valence-corrected chi connectivity index (χ0v) is 10.3. The summed E-state index contributed by atoms with van der Waals surface area (Å²) in [5, 5.41) is 0.381. The summed E-state index contributed by atoms with van der Waals surface area (Å²) in [4.78, 5) is 17.1. The van der Waals surface area contributed by atoms with Crippen LogP contribution in [0.25, 0.3) is 11.0 Å². The number of carbonyl (C=O) groups excluding carboxylic acids is 1. The van der Waals surface area contributed by atoms with E-state index in [1.54, 1.807) is 17.4 Å². The van der Waals surface area contributed by atoms with Crippen LogP contribution in [0.2, 0.25) is 5.15 Å². The topological polar surface area (TPSA) is 43.6 Å². The number of esters is 1. The van der Waals surface area contributed by atoms with Crippen LogP contribution in [0.15, 0.2) is 12.3 Å². The molecule has 2 rings (SSSR count). The van der Waals surface area contributed by atoms with Crippen molar-refractivity contribution in [2.24, 2.45) is 0 Å². The van der Waals surface area contributed by atoms with Crippen LogP contribution in [-0.4, -0.2) is 22.5 Å². The number of imidazole rings is 1. The lowest BCUT2D eigenvalue weighted by Gasteiger charge is -1.92. The summed E-state index contributed by atoms with van der Waals surface area (Å²) in [6.07, 6.45) is 4.85. The number of carbonyl (C=O) groups is 1. The van der Waals surface area contributed by atoms with E-state index in [9.17, 15) is 4.79 Å². The average Bonchev–Trinajstić information content (AvgIpc) is 2.71. The van der Waals surface area contributed by atoms with Gasteiger partial charge >= 0.3 is 5.97 Å². The monoisotopic (exact) mass is 256 g/mol. The van der Waals surface area contributed by atoms with Gasteiger partial charge in [0.2, 0.25) is 0 Å². The highest BCUT2D eigenvalue weighted by molar-refractivity contribution is 7.17. The third-order valence-corrected chi connectivity index (χ3v) is 3.19. The summed E-state index contributed by atoms with van der Waals surface area (Å²) < 4.78 is 6.36. The molecule has 0 fully saturated rings. The molecule has 0 spiro atoms. The van der Waals surface area contributed by atoms with E-state index >= 15 is 0 Å². The van der Waals surface area contributed by atoms with E-state index in [2.05, 4.69) is 9.72 Å². The Morgan fingerprint density at radius 2 is 2.44 bits per heavy atom. The quantitative estimate of drug-likeness (QED) is 0.613. The Morgan fingerprint density at radius 3 is 3.12 bits per heavy atom. The summed E-state index contributed by atoms with van der Waals surface area (Å²) in [5.41, 5.74) is 0.686. The number of ether oxygens (including phenoxy) is 1. The second-order valence-corrected chi connectivity index (χ2v) is 4.71. The molecule has 0 aliphatic carbocycles. The first-order valence-electron chi connectivity index (χ1n) is 4.52. The average molecular weight is 257 g/mol. The van der Waals surface area contributed by atoms with E-state index in [0.717, 1.165) is 9.84 Å². The minimum atomic E-state index is -0.419. The second-order valence-electron chi connectivity index (χ2n) is 3.14. The van der Waals surface area contributed by atoms with E-state index in [1.807, 2.05) is 17.5 Å². The molecule has 84 valence electrons. The molecule has 2 aromatic heterocycles. The molecule has 0 aliphatic heterocycles. The standard InChI is InChI=1S/C10H9ClN2O2S/c1-6-5-13-7(3-4-8(14)15-2)9(11)12-10(13)16-6/h3-5H,1-2H3/b4-3+. The third kappa shape index (κ3) is 1.96. The Kier molecular flexibility index (Phi) is 2.98. The maximum atomic E-state index is 11.0. The first kappa shape index (κ1) is 11.2. The van der Waals surface area contributed by atoms with Crippen LogP contribution in [-0.2, 0) is 9.53 Å². The Morgan fingerprint density at radius 1 is 1.69 bits per heavy atom. The van der Waals surface area contributed by atoms with Crippen LogP contribution in [0.4, 0.5) is 0 Å². The minimum absolute atomic E-state index is 0.381. The van der Waals surface area contributed by atoms with Crippen molar-refractivity contribution in [3.63, 3.8) is 0 Å². The van der Waals surface area contributed by atoms with Crippen molar-refractivity contribution in [3.05, 3.63) is 28.0 Å². The molecule has 0 saturated carbocycles. The Hall–Kier alpha value is -1.33. The lowest BCUT2D eigenvalue weighted by molar-refractivity contribution is -0.134. The van der Waals surface area contributed by atoms with Crippen LogP contribution in [0.5, 0.6) is 0 Å². The molecule has 2 aromatic rings. The van der Waals surface area contributed by atoms with Gasteiger partial charge in [-0.3, -0.25) is 4.40 Å². The molecular weight excluding hydrogens is 248 g/mol. The van der Waals surface area contributed by atoms with Crippen molar-refractivity contribution in [2.75, 3.05) is 7.11 Å². The highest BCUT2D eigenvalue weighted by Crippen LogP contribution is 2.24. The fraction of sp³-hybridized carbons (Fsp3) is 0.200. The summed E-state index contributed by atoms with van der Waals surface area (Å²) in [6.45, 7) is 1.99. The van der Waals surface area contributed by atoms with Crippen molar-refractivity contribution >= 4 is 39.9 Å². The van der Waals surface area contributed by atoms with Gasteiger partial charge in [-0.05, 0) is 13.0 Å². The number of methoxy groups -OCH3 is 1. The number of hydrogen-bond acceptors (Lipinski definition) is 4. The largest absolute Gasteiger partial charge is 0.466 e. The summed E-state index contributed by atoms with van der Waals surface area (Å²) in [7, 11) is 1.33. The first-order chi connectivity index (χ1) is 7.61. The number of halogens is 1. The zero-order valence-electron chi connectivity index (χ0n) is 8.73. The van der Waals surface area contributed by atoms with Gasteiger partial charge in [-0.25, -0.2) is 9.78 Å². The summed E-state index contributed by atoms with van der Waals surface area (Å²) >= 11 is 7.50. The summed E-state index contributed by atoms with van der Waals surface area (Å²) in [6, 6.07) is 0. The van der Waals surface area contributed by atoms with E-state index in [4.69, 9.17) is 11.6 Å². The molecule has 0 aliphatic rings. The fourth-order valence-electron chi connectivity index (χ4n) is 1.31. The van der Waals surface area contributed by atoms with Crippen LogP contribution >= 0.6 is 22.9 Å². The van der Waals surface area contributed by atoms with Gasteiger partial charge in [0.15, 0.2) is 10.1 Å². The molecule has 0 atom stereocenters. The molecular formula is C10H9ClN2O2S. The maximum absolute atomic E-state index is 11.0. The van der Waals surface area contributed by atoms with Crippen LogP contribution in [0.3, 0.4) is 0 Å². The van der Waals surface area contributed by atoms with Crippen molar-refractivity contribution < 1.29 is 9.53 Å². The van der Waals surface area contributed by atoms with Gasteiger partial charge in [-0.1, -0.05) is 11.6 Å². The second kappa shape index (κ2) is 4.27. The Labute approximate surface area is 101 Å².